The van der Waals surface area contributed by atoms with E-state index in [-0.39, 0.29) is 36.3 Å². The highest BCUT2D eigenvalue weighted by Gasteiger charge is 2.55. The molecule has 0 heterocycles. The molecule has 34 heavy (non-hydrogen) atoms. The standard InChI is InChI=1S/C29H38FNO3/c1-19(2)20-10-12-23-21(16-20)11-13-26-28(23,3)14-7-15-29(26,4)27(33)34-18-22(32)17-31-25-9-6-5-8-24(25)30/h5-6,8-10,12,16,19,22,26,31-32H,7,11,13-15,17-18H2,1-4H3/t22?,26?,28-,29-/m1/s1. The molecule has 2 aromatic rings. The number of anilines is 1. The quantitative estimate of drug-likeness (QED) is 0.492. The lowest BCUT2D eigenvalue weighted by atomic mass is 9.49. The first-order chi connectivity index (χ1) is 16.1. The Labute approximate surface area is 202 Å². The van der Waals surface area contributed by atoms with Gasteiger partial charge in [0.05, 0.1) is 11.1 Å². The second-order valence-corrected chi connectivity index (χ2v) is 11.0. The molecule has 0 aliphatic heterocycles. The van der Waals surface area contributed by atoms with E-state index in [1.807, 2.05) is 0 Å². The Bertz CT molecular complexity index is 1040. The summed E-state index contributed by atoms with van der Waals surface area (Å²) in [6, 6.07) is 13.2. The van der Waals surface area contributed by atoms with Gasteiger partial charge in [0, 0.05) is 6.54 Å². The Morgan fingerprint density at radius 1 is 1.21 bits per heavy atom. The third kappa shape index (κ3) is 4.59. The maximum atomic E-state index is 13.8. The molecule has 0 spiro atoms. The molecule has 1 saturated carbocycles. The average Bonchev–Trinajstić information content (AvgIpc) is 2.81. The number of rotatable bonds is 7. The number of fused-ring (bicyclic) bond motifs is 3. The number of aliphatic hydroxyl groups is 1. The van der Waals surface area contributed by atoms with Crippen molar-refractivity contribution in [1.82, 2.24) is 0 Å². The van der Waals surface area contributed by atoms with Crippen molar-refractivity contribution in [2.45, 2.75) is 77.2 Å². The Hall–Kier alpha value is -2.40. The Morgan fingerprint density at radius 2 is 1.97 bits per heavy atom. The number of hydrogen-bond acceptors (Lipinski definition) is 4. The van der Waals surface area contributed by atoms with Crippen molar-refractivity contribution in [3.05, 3.63) is 65.0 Å². The van der Waals surface area contributed by atoms with Gasteiger partial charge in [0.25, 0.3) is 0 Å². The number of aliphatic hydroxyl groups excluding tert-OH is 1. The molecule has 4 atom stereocenters. The summed E-state index contributed by atoms with van der Waals surface area (Å²) in [5.41, 5.74) is 3.87. The van der Waals surface area contributed by atoms with Gasteiger partial charge in [-0.05, 0) is 78.7 Å². The van der Waals surface area contributed by atoms with Crippen molar-refractivity contribution in [3.63, 3.8) is 0 Å². The number of esters is 1. The topological polar surface area (TPSA) is 58.6 Å². The molecule has 2 aromatic carbocycles. The second kappa shape index (κ2) is 9.69. The van der Waals surface area contributed by atoms with E-state index in [9.17, 15) is 14.3 Å². The molecule has 2 unspecified atom stereocenters. The van der Waals surface area contributed by atoms with E-state index in [1.54, 1.807) is 18.2 Å². The third-order valence-electron chi connectivity index (χ3n) is 8.32. The predicted octanol–water partition coefficient (Wildman–Crippen LogP) is 5.98. The van der Waals surface area contributed by atoms with Crippen LogP contribution in [0.25, 0.3) is 0 Å². The molecule has 1 fully saturated rings. The smallest absolute Gasteiger partial charge is 0.312 e. The van der Waals surface area contributed by atoms with Crippen LogP contribution in [0.15, 0.2) is 42.5 Å². The highest BCUT2D eigenvalue weighted by Crippen LogP contribution is 2.57. The number of ether oxygens (including phenoxy) is 1. The number of carbonyl (C=O) groups excluding carboxylic acids is 1. The average molecular weight is 468 g/mol. The lowest BCUT2D eigenvalue weighted by molar-refractivity contribution is -0.167. The van der Waals surface area contributed by atoms with Crippen molar-refractivity contribution in [1.29, 1.82) is 0 Å². The molecular weight excluding hydrogens is 429 g/mol. The minimum atomic E-state index is -0.913. The van der Waals surface area contributed by atoms with Crippen LogP contribution in [0.4, 0.5) is 10.1 Å². The largest absolute Gasteiger partial charge is 0.462 e. The fraction of sp³-hybridized carbons (Fsp3) is 0.552. The zero-order chi connectivity index (χ0) is 24.5. The number of aryl methyl sites for hydroxylation is 1. The first-order valence-corrected chi connectivity index (χ1v) is 12.6. The molecule has 0 radical (unpaired) electrons. The molecule has 2 aliphatic carbocycles. The Morgan fingerprint density at radius 3 is 2.71 bits per heavy atom. The highest BCUT2D eigenvalue weighted by atomic mass is 19.1. The lowest BCUT2D eigenvalue weighted by Gasteiger charge is -2.54. The van der Waals surface area contributed by atoms with Crippen LogP contribution in [-0.2, 0) is 21.4 Å². The minimum Gasteiger partial charge on any atom is -0.462 e. The van der Waals surface area contributed by atoms with Crippen molar-refractivity contribution in [3.8, 4) is 0 Å². The zero-order valence-corrected chi connectivity index (χ0v) is 20.9. The Balaban J connectivity index is 1.43. The van der Waals surface area contributed by atoms with Gasteiger partial charge in [-0.2, -0.15) is 0 Å². The Kier molecular flexibility index (Phi) is 7.04. The summed E-state index contributed by atoms with van der Waals surface area (Å²) in [5, 5.41) is 13.2. The van der Waals surface area contributed by atoms with E-state index < -0.39 is 11.5 Å². The molecule has 5 heteroatoms. The first kappa shape index (κ1) is 24.7. The SMILES string of the molecule is CC(C)c1ccc2c(c1)CCC1[C@](C)(C(=O)OCC(O)CNc3ccccc3F)CCC[C@]21C. The van der Waals surface area contributed by atoms with Gasteiger partial charge >= 0.3 is 5.97 Å². The van der Waals surface area contributed by atoms with Crippen LogP contribution >= 0.6 is 0 Å². The summed E-state index contributed by atoms with van der Waals surface area (Å²) >= 11 is 0. The number of benzene rings is 2. The van der Waals surface area contributed by atoms with Crippen molar-refractivity contribution < 1.29 is 19.0 Å². The summed E-state index contributed by atoms with van der Waals surface area (Å²) in [5.74, 6) is 0.100. The number of para-hydroxylation sites is 1. The molecule has 184 valence electrons. The second-order valence-electron chi connectivity index (χ2n) is 11.0. The summed E-state index contributed by atoms with van der Waals surface area (Å²) in [6.45, 7) is 8.83. The van der Waals surface area contributed by atoms with Gasteiger partial charge in [0.15, 0.2) is 0 Å². The number of nitrogens with one attached hydrogen (secondary N) is 1. The van der Waals surface area contributed by atoms with E-state index >= 15 is 0 Å². The first-order valence-electron chi connectivity index (χ1n) is 12.6. The maximum Gasteiger partial charge on any atom is 0.312 e. The van der Waals surface area contributed by atoms with Gasteiger partial charge in [-0.1, -0.05) is 57.5 Å². The van der Waals surface area contributed by atoms with E-state index in [0.29, 0.717) is 11.6 Å². The van der Waals surface area contributed by atoms with Crippen molar-refractivity contribution >= 4 is 11.7 Å². The molecule has 4 rings (SSSR count). The zero-order valence-electron chi connectivity index (χ0n) is 20.9. The molecular formula is C29H38FNO3. The fourth-order valence-corrected chi connectivity index (χ4v) is 6.34. The summed E-state index contributed by atoms with van der Waals surface area (Å²) in [7, 11) is 0. The third-order valence-corrected chi connectivity index (χ3v) is 8.32. The monoisotopic (exact) mass is 467 g/mol. The van der Waals surface area contributed by atoms with E-state index in [4.69, 9.17) is 4.74 Å². The molecule has 4 nitrogen and oxygen atoms in total. The van der Waals surface area contributed by atoms with Gasteiger partial charge in [-0.3, -0.25) is 4.79 Å². The van der Waals surface area contributed by atoms with Crippen LogP contribution in [0.2, 0.25) is 0 Å². The predicted molar refractivity (Wildman–Crippen MR) is 134 cm³/mol. The summed E-state index contributed by atoms with van der Waals surface area (Å²) < 4.78 is 19.5. The molecule has 2 aliphatic rings. The van der Waals surface area contributed by atoms with Crippen LogP contribution in [-0.4, -0.2) is 30.3 Å². The van der Waals surface area contributed by atoms with Crippen molar-refractivity contribution in [2.75, 3.05) is 18.5 Å². The molecule has 0 saturated heterocycles. The number of hydrogen-bond donors (Lipinski definition) is 2. The lowest BCUT2D eigenvalue weighted by Crippen LogP contribution is -2.53. The normalized spacial score (nSPS) is 27.0. The van der Waals surface area contributed by atoms with Crippen LogP contribution in [0.5, 0.6) is 0 Å². The van der Waals surface area contributed by atoms with Gasteiger partial charge in [0.1, 0.15) is 18.5 Å². The number of carbonyl (C=O) groups is 1. The number of halogens is 1. The van der Waals surface area contributed by atoms with Gasteiger partial charge in [-0.15, -0.1) is 0 Å². The molecule has 2 N–H and O–H groups in total. The van der Waals surface area contributed by atoms with Gasteiger partial charge in [0.2, 0.25) is 0 Å². The molecule has 0 bridgehead atoms. The molecule has 0 aromatic heterocycles. The summed E-state index contributed by atoms with van der Waals surface area (Å²) in [4.78, 5) is 13.4. The van der Waals surface area contributed by atoms with E-state index in [1.165, 1.54) is 22.8 Å². The van der Waals surface area contributed by atoms with E-state index in [0.717, 1.165) is 32.1 Å². The highest BCUT2D eigenvalue weighted by molar-refractivity contribution is 5.77. The van der Waals surface area contributed by atoms with Crippen LogP contribution in [0.3, 0.4) is 0 Å². The maximum absolute atomic E-state index is 13.8. The van der Waals surface area contributed by atoms with Crippen LogP contribution in [0.1, 0.15) is 76.0 Å². The van der Waals surface area contributed by atoms with Crippen LogP contribution < -0.4 is 5.32 Å². The summed E-state index contributed by atoms with van der Waals surface area (Å²) in [6.07, 6.45) is 3.88. The fourth-order valence-electron chi connectivity index (χ4n) is 6.34. The minimum absolute atomic E-state index is 0.0554. The van der Waals surface area contributed by atoms with E-state index in [2.05, 4.69) is 51.2 Å². The van der Waals surface area contributed by atoms with Gasteiger partial charge in [-0.25, -0.2) is 4.39 Å². The van der Waals surface area contributed by atoms with Gasteiger partial charge < -0.3 is 15.2 Å². The molecule has 0 amide bonds. The van der Waals surface area contributed by atoms with Crippen molar-refractivity contribution in [2.24, 2.45) is 11.3 Å². The van der Waals surface area contributed by atoms with Crippen LogP contribution in [0, 0.1) is 17.2 Å².